The molecule has 0 saturated carbocycles. The van der Waals surface area contributed by atoms with E-state index in [4.69, 9.17) is 0 Å². The van der Waals surface area contributed by atoms with Crippen molar-refractivity contribution >= 4 is 27.5 Å². The van der Waals surface area contributed by atoms with Crippen molar-refractivity contribution in [1.82, 2.24) is 9.80 Å². The summed E-state index contributed by atoms with van der Waals surface area (Å²) < 4.78 is 29.2. The minimum Gasteiger partial charge on any atom is -0.362 e. The van der Waals surface area contributed by atoms with Crippen molar-refractivity contribution in [2.24, 2.45) is 4.40 Å². The Bertz CT molecular complexity index is 1020. The summed E-state index contributed by atoms with van der Waals surface area (Å²) in [5, 5.41) is 2.93. The molecule has 1 unspecified atom stereocenters. The number of carbonyl (C=O) groups excluding carboxylic acids is 1. The number of likely N-dealkylation sites (N-methyl/N-ethyl adjacent to an activating group) is 1. The van der Waals surface area contributed by atoms with Crippen LogP contribution in [-0.4, -0.2) is 56.6 Å². The second-order valence-corrected chi connectivity index (χ2v) is 9.16. The lowest BCUT2D eigenvalue weighted by Gasteiger charge is -2.29. The average Bonchev–Trinajstić information content (AvgIpc) is 3.16. The fraction of sp³-hybridized carbons (Fsp3) is 0.391. The van der Waals surface area contributed by atoms with Crippen molar-refractivity contribution in [3.63, 3.8) is 0 Å². The Labute approximate surface area is 184 Å². The number of amides is 1. The zero-order chi connectivity index (χ0) is 22.4. The summed E-state index contributed by atoms with van der Waals surface area (Å²) >= 11 is 0. The Morgan fingerprint density at radius 3 is 2.29 bits per heavy atom. The lowest BCUT2D eigenvalue weighted by Crippen LogP contribution is -2.37. The number of sulfonamides is 1. The molecule has 2 aromatic carbocycles. The molecular weight excluding hydrogens is 412 g/mol. The molecule has 0 aliphatic carbocycles. The average molecular weight is 443 g/mol. The van der Waals surface area contributed by atoms with E-state index >= 15 is 0 Å². The minimum atomic E-state index is -3.78. The number of rotatable bonds is 8. The smallest absolute Gasteiger partial charge is 0.283 e. The van der Waals surface area contributed by atoms with Gasteiger partial charge < -0.3 is 10.2 Å². The van der Waals surface area contributed by atoms with E-state index < -0.39 is 16.1 Å². The fourth-order valence-electron chi connectivity index (χ4n) is 3.77. The summed E-state index contributed by atoms with van der Waals surface area (Å²) in [5.74, 6) is 0.431. The SMILES string of the molecule is CCN(CC)C(C(=O)Nc1ccc(S(=O)(=O)/N=C2/CCCN2C)cc1)c1ccccc1. The van der Waals surface area contributed by atoms with Crippen LogP contribution in [0.5, 0.6) is 0 Å². The van der Waals surface area contributed by atoms with E-state index in [1.807, 2.05) is 56.1 Å². The third kappa shape index (κ3) is 5.51. The second-order valence-electron chi connectivity index (χ2n) is 7.56. The van der Waals surface area contributed by atoms with E-state index in [1.165, 1.54) is 12.1 Å². The molecule has 0 bridgehead atoms. The summed E-state index contributed by atoms with van der Waals surface area (Å²) in [4.78, 5) is 17.2. The molecule has 1 heterocycles. The van der Waals surface area contributed by atoms with Gasteiger partial charge >= 0.3 is 0 Å². The molecule has 1 amide bonds. The molecular formula is C23H30N4O3S. The van der Waals surface area contributed by atoms with Crippen LogP contribution in [0.1, 0.15) is 38.3 Å². The zero-order valence-electron chi connectivity index (χ0n) is 18.3. The molecule has 1 N–H and O–H groups in total. The van der Waals surface area contributed by atoms with Crippen molar-refractivity contribution in [1.29, 1.82) is 0 Å². The van der Waals surface area contributed by atoms with Gasteiger partial charge in [-0.05, 0) is 49.3 Å². The van der Waals surface area contributed by atoms with Gasteiger partial charge in [0.2, 0.25) is 5.91 Å². The first-order valence-corrected chi connectivity index (χ1v) is 12.0. The highest BCUT2D eigenvalue weighted by Gasteiger charge is 2.26. The zero-order valence-corrected chi connectivity index (χ0v) is 19.1. The lowest BCUT2D eigenvalue weighted by molar-refractivity contribution is -0.121. The number of hydrogen-bond acceptors (Lipinski definition) is 4. The number of nitrogens with one attached hydrogen (secondary N) is 1. The predicted molar refractivity (Wildman–Crippen MR) is 124 cm³/mol. The van der Waals surface area contributed by atoms with Crippen LogP contribution in [0.4, 0.5) is 5.69 Å². The predicted octanol–water partition coefficient (Wildman–Crippen LogP) is 3.52. The van der Waals surface area contributed by atoms with Crippen LogP contribution < -0.4 is 5.32 Å². The molecule has 166 valence electrons. The number of anilines is 1. The number of amidine groups is 1. The van der Waals surface area contributed by atoms with Gasteiger partial charge in [-0.3, -0.25) is 9.69 Å². The molecule has 0 radical (unpaired) electrons. The number of hydrogen-bond donors (Lipinski definition) is 1. The molecule has 0 spiro atoms. The Balaban J connectivity index is 1.78. The highest BCUT2D eigenvalue weighted by molar-refractivity contribution is 7.90. The summed E-state index contributed by atoms with van der Waals surface area (Å²) in [6, 6.07) is 15.4. The molecule has 2 aromatic rings. The van der Waals surface area contributed by atoms with Gasteiger partial charge in [0, 0.05) is 25.7 Å². The summed E-state index contributed by atoms with van der Waals surface area (Å²) in [7, 11) is -1.93. The maximum Gasteiger partial charge on any atom is 0.283 e. The van der Waals surface area contributed by atoms with Gasteiger partial charge in [0.1, 0.15) is 11.9 Å². The van der Waals surface area contributed by atoms with Crippen molar-refractivity contribution in [2.75, 3.05) is 32.0 Å². The molecule has 1 fully saturated rings. The van der Waals surface area contributed by atoms with Gasteiger partial charge in [0.15, 0.2) is 0 Å². The first kappa shape index (κ1) is 23.0. The quantitative estimate of drug-likeness (QED) is 0.676. The normalized spacial score (nSPS) is 16.6. The van der Waals surface area contributed by atoms with Crippen molar-refractivity contribution in [2.45, 2.75) is 37.6 Å². The Hall–Kier alpha value is -2.71. The van der Waals surface area contributed by atoms with Crippen molar-refractivity contribution in [3.8, 4) is 0 Å². The molecule has 31 heavy (non-hydrogen) atoms. The van der Waals surface area contributed by atoms with Crippen LogP contribution >= 0.6 is 0 Å². The number of benzene rings is 2. The topological polar surface area (TPSA) is 82.1 Å². The van der Waals surface area contributed by atoms with E-state index in [0.29, 0.717) is 17.9 Å². The van der Waals surface area contributed by atoms with Crippen LogP contribution in [0.2, 0.25) is 0 Å². The summed E-state index contributed by atoms with van der Waals surface area (Å²) in [5.41, 5.74) is 1.46. The second kappa shape index (κ2) is 10.1. The first-order chi connectivity index (χ1) is 14.9. The van der Waals surface area contributed by atoms with Crippen LogP contribution in [0.15, 0.2) is 63.9 Å². The minimum absolute atomic E-state index is 0.113. The van der Waals surface area contributed by atoms with E-state index in [2.05, 4.69) is 14.6 Å². The van der Waals surface area contributed by atoms with Crippen LogP contribution in [0.25, 0.3) is 0 Å². The highest BCUT2D eigenvalue weighted by atomic mass is 32.2. The molecule has 1 aliphatic heterocycles. The molecule has 1 saturated heterocycles. The number of nitrogens with zero attached hydrogens (tertiary/aromatic N) is 3. The van der Waals surface area contributed by atoms with Crippen molar-refractivity contribution in [3.05, 3.63) is 60.2 Å². The molecule has 1 aliphatic rings. The van der Waals surface area contributed by atoms with E-state index in [0.717, 1.165) is 31.6 Å². The largest absolute Gasteiger partial charge is 0.362 e. The van der Waals surface area contributed by atoms with Gasteiger partial charge in [-0.25, -0.2) is 0 Å². The monoisotopic (exact) mass is 442 g/mol. The van der Waals surface area contributed by atoms with Gasteiger partial charge in [-0.15, -0.1) is 4.40 Å². The maximum absolute atomic E-state index is 13.1. The van der Waals surface area contributed by atoms with Crippen LogP contribution in [0, 0.1) is 0 Å². The van der Waals surface area contributed by atoms with Gasteiger partial charge in [0.05, 0.1) is 4.90 Å². The molecule has 8 heteroatoms. The van der Waals surface area contributed by atoms with Gasteiger partial charge in [0.25, 0.3) is 10.0 Å². The third-order valence-electron chi connectivity index (χ3n) is 5.52. The Kier molecular flexibility index (Phi) is 7.46. The number of carbonyl (C=O) groups is 1. The molecule has 0 aromatic heterocycles. The molecule has 3 rings (SSSR count). The Morgan fingerprint density at radius 1 is 1.10 bits per heavy atom. The lowest BCUT2D eigenvalue weighted by atomic mass is 10.0. The van der Waals surface area contributed by atoms with Crippen molar-refractivity contribution < 1.29 is 13.2 Å². The highest BCUT2D eigenvalue weighted by Crippen LogP contribution is 2.24. The first-order valence-electron chi connectivity index (χ1n) is 10.6. The van der Waals surface area contributed by atoms with Gasteiger partial charge in [-0.2, -0.15) is 8.42 Å². The fourth-order valence-corrected chi connectivity index (χ4v) is 4.87. The van der Waals surface area contributed by atoms with Gasteiger partial charge in [-0.1, -0.05) is 44.2 Å². The summed E-state index contributed by atoms with van der Waals surface area (Å²) in [6.45, 7) is 6.32. The van der Waals surface area contributed by atoms with Crippen LogP contribution in [-0.2, 0) is 14.8 Å². The van der Waals surface area contributed by atoms with Crippen LogP contribution in [0.3, 0.4) is 0 Å². The molecule has 1 atom stereocenters. The van der Waals surface area contributed by atoms with E-state index in [9.17, 15) is 13.2 Å². The van der Waals surface area contributed by atoms with E-state index in [1.54, 1.807) is 12.1 Å². The maximum atomic E-state index is 13.1. The standard InChI is InChI=1S/C23H30N4O3S/c1-4-27(5-2)22(18-10-7-6-8-11-18)23(28)24-19-13-15-20(16-14-19)31(29,30)25-21-12-9-17-26(21)3/h6-8,10-11,13-16,22H,4-5,9,12,17H2,1-3H3,(H,24,28)/b25-21-. The Morgan fingerprint density at radius 2 is 1.74 bits per heavy atom. The molecule has 7 nitrogen and oxygen atoms in total. The third-order valence-corrected chi connectivity index (χ3v) is 6.84. The number of likely N-dealkylation sites (tertiary alicyclic amines) is 1. The summed E-state index contributed by atoms with van der Waals surface area (Å²) in [6.07, 6.45) is 1.57. The van der Waals surface area contributed by atoms with E-state index in [-0.39, 0.29) is 10.8 Å².